The fourth-order valence-electron chi connectivity index (χ4n) is 4.97. The highest BCUT2D eigenvalue weighted by Crippen LogP contribution is 2.33. The number of nitrogens with one attached hydrogen (secondary N) is 2. The molecule has 10 nitrogen and oxygen atoms in total. The van der Waals surface area contributed by atoms with E-state index in [0.717, 1.165) is 0 Å². The second-order valence-corrected chi connectivity index (χ2v) is 9.87. The van der Waals surface area contributed by atoms with Crippen molar-refractivity contribution >= 4 is 28.4 Å². The van der Waals surface area contributed by atoms with Crippen LogP contribution in [0.4, 0.5) is 29.3 Å². The quantitative estimate of drug-likeness (QED) is 0.350. The molecule has 2 fully saturated rings. The Balaban J connectivity index is 1.41. The van der Waals surface area contributed by atoms with Gasteiger partial charge in [-0.05, 0) is 38.6 Å². The molecule has 2 N–H and O–H groups in total. The van der Waals surface area contributed by atoms with Crippen molar-refractivity contribution in [3.05, 3.63) is 30.2 Å². The van der Waals surface area contributed by atoms with Gasteiger partial charge in [0, 0.05) is 18.3 Å². The van der Waals surface area contributed by atoms with Crippen LogP contribution >= 0.6 is 0 Å². The van der Waals surface area contributed by atoms with Crippen LogP contribution in [0.25, 0.3) is 27.9 Å². The number of anilines is 2. The highest BCUT2D eigenvalue weighted by molar-refractivity contribution is 5.89. The van der Waals surface area contributed by atoms with Gasteiger partial charge >= 0.3 is 0 Å². The minimum absolute atomic E-state index is 0.000339. The highest BCUT2D eigenvalue weighted by atomic mass is 19.3. The summed E-state index contributed by atoms with van der Waals surface area (Å²) in [5, 5.41) is 10.6. The van der Waals surface area contributed by atoms with E-state index in [1.807, 2.05) is 0 Å². The minimum atomic E-state index is -2.94. The predicted molar refractivity (Wildman–Crippen MR) is 133 cm³/mol. The summed E-state index contributed by atoms with van der Waals surface area (Å²) in [4.78, 5) is 15.2. The summed E-state index contributed by atoms with van der Waals surface area (Å²) in [6.45, 7) is 2.31. The number of piperidine rings is 1. The van der Waals surface area contributed by atoms with E-state index in [4.69, 9.17) is 4.74 Å². The average Bonchev–Trinajstić information content (AvgIpc) is 3.38. The largest absolute Gasteiger partial charge is 0.377 e. The number of alkyl halides is 4. The molecule has 1 atom stereocenters. The van der Waals surface area contributed by atoms with Crippen LogP contribution in [-0.2, 0) is 11.3 Å². The maximum Gasteiger partial charge on any atom is 0.280 e. The molecule has 0 aromatic carbocycles. The summed E-state index contributed by atoms with van der Waals surface area (Å²) in [7, 11) is 1.67. The number of imidazole rings is 1. The minimum Gasteiger partial charge on any atom is -0.377 e. The maximum atomic E-state index is 14.7. The first kappa shape index (κ1) is 24.8. The SMILES string of the molecule is Cc1nc2ccc(-c3ccn4nc(NC5CCN(C)CC5(F)F)nc(NC5COC5)c34)nc2n1CC(F)F. The Morgan fingerprint density at radius 2 is 1.95 bits per heavy atom. The van der Waals surface area contributed by atoms with Gasteiger partial charge in [-0.15, -0.1) is 5.10 Å². The summed E-state index contributed by atoms with van der Waals surface area (Å²) >= 11 is 0. The molecule has 0 spiro atoms. The van der Waals surface area contributed by atoms with Crippen LogP contribution < -0.4 is 10.6 Å². The number of aromatic nitrogens is 6. The zero-order valence-electron chi connectivity index (χ0n) is 20.8. The predicted octanol–water partition coefficient (Wildman–Crippen LogP) is 3.28. The first-order valence-electron chi connectivity index (χ1n) is 12.4. The van der Waals surface area contributed by atoms with Gasteiger partial charge in [-0.1, -0.05) is 0 Å². The summed E-state index contributed by atoms with van der Waals surface area (Å²) < 4.78 is 64.0. The Kier molecular flexibility index (Phi) is 6.10. The molecule has 2 saturated heterocycles. The number of hydrogen-bond acceptors (Lipinski definition) is 8. The van der Waals surface area contributed by atoms with Crippen molar-refractivity contribution in [2.45, 2.75) is 44.3 Å². The second kappa shape index (κ2) is 9.34. The summed E-state index contributed by atoms with van der Waals surface area (Å²) in [5.74, 6) is -1.98. The van der Waals surface area contributed by atoms with Crippen molar-refractivity contribution in [1.82, 2.24) is 34.0 Å². The first-order valence-corrected chi connectivity index (χ1v) is 12.4. The zero-order chi connectivity index (χ0) is 26.6. The molecule has 6 rings (SSSR count). The van der Waals surface area contributed by atoms with Gasteiger partial charge in [-0.25, -0.2) is 32.0 Å². The van der Waals surface area contributed by atoms with Crippen molar-refractivity contribution in [1.29, 1.82) is 0 Å². The lowest BCUT2D eigenvalue weighted by molar-refractivity contribution is -0.0675. The van der Waals surface area contributed by atoms with Gasteiger partial charge in [-0.2, -0.15) is 4.98 Å². The third kappa shape index (κ3) is 4.51. The molecule has 2 aliphatic rings. The van der Waals surface area contributed by atoms with E-state index in [9.17, 15) is 17.6 Å². The van der Waals surface area contributed by atoms with Gasteiger partial charge in [0.2, 0.25) is 5.95 Å². The molecule has 0 amide bonds. The van der Waals surface area contributed by atoms with E-state index in [-0.39, 0.29) is 25.0 Å². The van der Waals surface area contributed by atoms with Gasteiger partial charge in [-0.3, -0.25) is 0 Å². The normalized spacial score (nSPS) is 20.3. The molecular formula is C24H27F4N9O. The Labute approximate surface area is 215 Å². The Hall–Kier alpha value is -3.52. The summed E-state index contributed by atoms with van der Waals surface area (Å²) in [6, 6.07) is 4.18. The van der Waals surface area contributed by atoms with E-state index in [0.29, 0.717) is 59.3 Å². The fourth-order valence-corrected chi connectivity index (χ4v) is 4.97. The lowest BCUT2D eigenvalue weighted by atomic mass is 10.0. The van der Waals surface area contributed by atoms with Crippen LogP contribution in [0.2, 0.25) is 0 Å². The van der Waals surface area contributed by atoms with Crippen molar-refractivity contribution in [2.75, 3.05) is 44.0 Å². The monoisotopic (exact) mass is 533 g/mol. The number of pyridine rings is 1. The maximum absolute atomic E-state index is 14.7. The van der Waals surface area contributed by atoms with Crippen molar-refractivity contribution < 1.29 is 22.3 Å². The van der Waals surface area contributed by atoms with Crippen LogP contribution in [0, 0.1) is 6.92 Å². The van der Waals surface area contributed by atoms with Crippen LogP contribution in [-0.4, -0.2) is 91.8 Å². The number of likely N-dealkylation sites (tertiary alicyclic amines) is 1. The molecule has 38 heavy (non-hydrogen) atoms. The van der Waals surface area contributed by atoms with Crippen molar-refractivity contribution in [3.8, 4) is 11.3 Å². The molecule has 4 aromatic heterocycles. The lowest BCUT2D eigenvalue weighted by Gasteiger charge is -2.36. The Morgan fingerprint density at radius 3 is 2.66 bits per heavy atom. The zero-order valence-corrected chi connectivity index (χ0v) is 20.8. The number of ether oxygens (including phenoxy) is 1. The number of rotatable bonds is 7. The molecular weight excluding hydrogens is 506 g/mol. The number of nitrogens with zero attached hydrogens (tertiary/aromatic N) is 7. The highest BCUT2D eigenvalue weighted by Gasteiger charge is 2.44. The molecule has 14 heteroatoms. The van der Waals surface area contributed by atoms with E-state index >= 15 is 0 Å². The molecule has 6 heterocycles. The smallest absolute Gasteiger partial charge is 0.280 e. The Morgan fingerprint density at radius 1 is 1.13 bits per heavy atom. The Bertz CT molecular complexity index is 1480. The van der Waals surface area contributed by atoms with Gasteiger partial charge in [0.05, 0.1) is 44.1 Å². The van der Waals surface area contributed by atoms with Gasteiger partial charge in [0.1, 0.15) is 16.9 Å². The number of halogens is 4. The fraction of sp³-hybridized carbons (Fsp3) is 0.500. The van der Waals surface area contributed by atoms with Crippen LogP contribution in [0.15, 0.2) is 24.4 Å². The van der Waals surface area contributed by atoms with E-state index in [1.165, 1.54) is 4.57 Å². The molecule has 0 aliphatic carbocycles. The molecule has 0 bridgehead atoms. The third-order valence-electron chi connectivity index (χ3n) is 6.96. The number of fused-ring (bicyclic) bond motifs is 2. The topological polar surface area (TPSA) is 97.4 Å². The molecule has 2 aliphatic heterocycles. The van der Waals surface area contributed by atoms with Crippen LogP contribution in [0.3, 0.4) is 0 Å². The van der Waals surface area contributed by atoms with Gasteiger partial charge in [0.25, 0.3) is 12.3 Å². The van der Waals surface area contributed by atoms with Gasteiger partial charge < -0.3 is 24.8 Å². The molecule has 0 radical (unpaired) electrons. The molecule has 4 aromatic rings. The summed E-state index contributed by atoms with van der Waals surface area (Å²) in [6.07, 6.45) is -0.611. The van der Waals surface area contributed by atoms with Crippen molar-refractivity contribution in [2.24, 2.45) is 0 Å². The van der Waals surface area contributed by atoms with Crippen LogP contribution in [0.5, 0.6) is 0 Å². The second-order valence-electron chi connectivity index (χ2n) is 9.87. The molecule has 202 valence electrons. The van der Waals surface area contributed by atoms with Crippen LogP contribution in [0.1, 0.15) is 12.2 Å². The molecule has 0 saturated carbocycles. The van der Waals surface area contributed by atoms with Gasteiger partial charge in [0.15, 0.2) is 11.5 Å². The summed E-state index contributed by atoms with van der Waals surface area (Å²) in [5.41, 5.74) is 2.64. The molecule has 1 unspecified atom stereocenters. The first-order chi connectivity index (χ1) is 18.2. The number of hydrogen-bond donors (Lipinski definition) is 2. The third-order valence-corrected chi connectivity index (χ3v) is 6.96. The van der Waals surface area contributed by atoms with E-state index in [1.54, 1.807) is 47.8 Å². The average molecular weight is 534 g/mol. The van der Waals surface area contributed by atoms with E-state index < -0.39 is 24.9 Å². The standard InChI is InChI=1S/C24H27F4N9O/c1-13-29-17-4-3-16(31-22(17)36(13)9-19(25)26)15-5-8-37-20(15)21(30-14-10-38-11-14)33-23(34-37)32-18-6-7-35(2)12-24(18,27)28/h3-5,8,14,18-19H,6-7,9-12H2,1-2H3,(H2,30,32,33,34). The lowest BCUT2D eigenvalue weighted by Crippen LogP contribution is -2.53. The van der Waals surface area contributed by atoms with Crippen molar-refractivity contribution in [3.63, 3.8) is 0 Å². The van der Waals surface area contributed by atoms with E-state index in [2.05, 4.69) is 30.7 Å². The number of aryl methyl sites for hydroxylation is 1.